The van der Waals surface area contributed by atoms with Gasteiger partial charge < -0.3 is 19.3 Å². The number of carbonyl (C=O) groups is 1. The lowest BCUT2D eigenvalue weighted by Crippen LogP contribution is -2.49. The molecule has 0 spiro atoms. The molecule has 1 amide bonds. The molecule has 0 saturated carbocycles. The van der Waals surface area contributed by atoms with E-state index in [1.54, 1.807) is 14.2 Å². The summed E-state index contributed by atoms with van der Waals surface area (Å²) in [6.07, 6.45) is 0.469. The molecule has 0 N–H and O–H groups in total. The van der Waals surface area contributed by atoms with E-state index in [-0.39, 0.29) is 5.91 Å². The molecule has 132 valence electrons. The zero-order valence-electron chi connectivity index (χ0n) is 14.8. The lowest BCUT2D eigenvalue weighted by Gasteiger charge is -2.36. The highest BCUT2D eigenvalue weighted by Crippen LogP contribution is 2.31. The predicted octanol–water partition coefficient (Wildman–Crippen LogP) is 2.60. The Kier molecular flexibility index (Phi) is 5.43. The lowest BCUT2D eigenvalue weighted by atomic mass is 10.1. The van der Waals surface area contributed by atoms with Gasteiger partial charge in [0.05, 0.1) is 20.6 Å². The van der Waals surface area contributed by atoms with Crippen LogP contribution in [0.25, 0.3) is 0 Å². The minimum Gasteiger partial charge on any atom is -0.493 e. The topological polar surface area (TPSA) is 42.0 Å². The Morgan fingerprint density at radius 2 is 1.60 bits per heavy atom. The van der Waals surface area contributed by atoms with Gasteiger partial charge in [0.25, 0.3) is 0 Å². The van der Waals surface area contributed by atoms with Crippen molar-refractivity contribution in [2.75, 3.05) is 45.3 Å². The van der Waals surface area contributed by atoms with E-state index in [0.717, 1.165) is 48.9 Å². The number of benzene rings is 2. The zero-order valence-corrected chi connectivity index (χ0v) is 14.8. The second-order valence-corrected chi connectivity index (χ2v) is 6.07. The number of hydrogen-bond donors (Lipinski definition) is 0. The number of amides is 1. The fourth-order valence-corrected chi connectivity index (χ4v) is 3.12. The summed E-state index contributed by atoms with van der Waals surface area (Å²) < 4.78 is 10.7. The maximum Gasteiger partial charge on any atom is 0.227 e. The lowest BCUT2D eigenvalue weighted by molar-refractivity contribution is -0.130. The van der Waals surface area contributed by atoms with Gasteiger partial charge in [0, 0.05) is 37.9 Å². The van der Waals surface area contributed by atoms with E-state index in [0.29, 0.717) is 6.42 Å². The highest BCUT2D eigenvalue weighted by Gasteiger charge is 2.22. The van der Waals surface area contributed by atoms with Gasteiger partial charge in [0.2, 0.25) is 5.91 Å². The number of nitrogens with zero attached hydrogens (tertiary/aromatic N) is 2. The molecule has 0 aromatic heterocycles. The number of ether oxygens (including phenoxy) is 2. The van der Waals surface area contributed by atoms with Crippen molar-refractivity contribution in [1.29, 1.82) is 0 Å². The van der Waals surface area contributed by atoms with E-state index in [1.807, 2.05) is 53.4 Å². The third-order valence-electron chi connectivity index (χ3n) is 4.56. The van der Waals surface area contributed by atoms with E-state index in [9.17, 15) is 4.79 Å². The van der Waals surface area contributed by atoms with Crippen LogP contribution in [0, 0.1) is 0 Å². The molecular weight excluding hydrogens is 316 g/mol. The van der Waals surface area contributed by atoms with Gasteiger partial charge in [-0.25, -0.2) is 0 Å². The molecular formula is C20H24N2O3. The average Bonchev–Trinajstić information content (AvgIpc) is 2.68. The third kappa shape index (κ3) is 4.05. The van der Waals surface area contributed by atoms with Crippen LogP contribution in [0.2, 0.25) is 0 Å². The van der Waals surface area contributed by atoms with E-state index in [2.05, 4.69) is 4.90 Å². The number of anilines is 1. The van der Waals surface area contributed by atoms with E-state index in [4.69, 9.17) is 9.47 Å². The minimum absolute atomic E-state index is 0.193. The third-order valence-corrected chi connectivity index (χ3v) is 4.56. The summed E-state index contributed by atoms with van der Waals surface area (Å²) in [7, 11) is 3.27. The largest absolute Gasteiger partial charge is 0.493 e. The maximum absolute atomic E-state index is 12.5. The van der Waals surface area contributed by atoms with Crippen molar-refractivity contribution in [1.82, 2.24) is 4.90 Å². The van der Waals surface area contributed by atoms with Gasteiger partial charge in [0.1, 0.15) is 0 Å². The fraction of sp³-hybridized carbons (Fsp3) is 0.350. The number of hydrogen-bond acceptors (Lipinski definition) is 4. The van der Waals surface area contributed by atoms with Crippen molar-refractivity contribution in [2.45, 2.75) is 6.42 Å². The Hall–Kier alpha value is -2.69. The van der Waals surface area contributed by atoms with Crippen molar-refractivity contribution in [3.05, 3.63) is 54.1 Å². The first-order chi connectivity index (χ1) is 12.2. The van der Waals surface area contributed by atoms with Gasteiger partial charge in [-0.3, -0.25) is 4.79 Å². The van der Waals surface area contributed by atoms with Crippen LogP contribution in [-0.2, 0) is 11.2 Å². The first-order valence-corrected chi connectivity index (χ1v) is 8.50. The average molecular weight is 340 g/mol. The van der Waals surface area contributed by atoms with Crippen LogP contribution in [-0.4, -0.2) is 51.2 Å². The quantitative estimate of drug-likeness (QED) is 0.839. The number of methoxy groups -OCH3 is 2. The summed E-state index contributed by atoms with van der Waals surface area (Å²) in [5, 5.41) is 0. The molecule has 0 radical (unpaired) electrons. The van der Waals surface area contributed by atoms with Crippen LogP contribution in [0.3, 0.4) is 0 Å². The molecule has 5 nitrogen and oxygen atoms in total. The molecule has 2 aromatic rings. The number of carbonyl (C=O) groups excluding carboxylic acids is 1. The molecule has 0 atom stereocenters. The molecule has 1 aliphatic heterocycles. The molecule has 3 rings (SSSR count). The van der Waals surface area contributed by atoms with Gasteiger partial charge in [-0.2, -0.15) is 0 Å². The number of piperazine rings is 1. The van der Waals surface area contributed by atoms with Crippen molar-refractivity contribution < 1.29 is 14.3 Å². The minimum atomic E-state index is 0.193. The van der Waals surface area contributed by atoms with Crippen LogP contribution >= 0.6 is 0 Å². The highest BCUT2D eigenvalue weighted by atomic mass is 16.5. The van der Waals surface area contributed by atoms with Crippen molar-refractivity contribution in [3.63, 3.8) is 0 Å². The molecule has 0 bridgehead atoms. The normalized spacial score (nSPS) is 14.3. The summed E-state index contributed by atoms with van der Waals surface area (Å²) in [6.45, 7) is 3.10. The number of rotatable bonds is 5. The van der Waals surface area contributed by atoms with Gasteiger partial charge >= 0.3 is 0 Å². The van der Waals surface area contributed by atoms with Crippen molar-refractivity contribution in [2.24, 2.45) is 0 Å². The monoisotopic (exact) mass is 340 g/mol. The van der Waals surface area contributed by atoms with Crippen LogP contribution in [0.4, 0.5) is 5.69 Å². The summed E-state index contributed by atoms with van der Waals surface area (Å²) >= 11 is 0. The van der Waals surface area contributed by atoms with Crippen LogP contribution in [0.1, 0.15) is 5.56 Å². The van der Waals surface area contributed by atoms with Gasteiger partial charge in [0.15, 0.2) is 11.5 Å². The zero-order chi connectivity index (χ0) is 17.6. The first kappa shape index (κ1) is 17.1. The molecule has 1 fully saturated rings. The Labute approximate surface area is 148 Å². The van der Waals surface area contributed by atoms with Gasteiger partial charge in [-0.1, -0.05) is 30.3 Å². The van der Waals surface area contributed by atoms with E-state index >= 15 is 0 Å². The molecule has 1 aliphatic rings. The molecule has 5 heteroatoms. The summed E-state index contributed by atoms with van der Waals surface area (Å²) in [5.74, 6) is 1.64. The predicted molar refractivity (Wildman–Crippen MR) is 98.5 cm³/mol. The molecule has 0 unspecified atom stereocenters. The van der Waals surface area contributed by atoms with Crippen molar-refractivity contribution >= 4 is 11.6 Å². The standard InChI is InChI=1S/C20H24N2O3/c1-24-18-9-8-17(15-19(18)25-2)21-10-12-22(13-11-21)20(23)14-16-6-4-3-5-7-16/h3-9,15H,10-14H2,1-2H3. The van der Waals surface area contributed by atoms with Crippen LogP contribution < -0.4 is 14.4 Å². The maximum atomic E-state index is 12.5. The van der Waals surface area contributed by atoms with Gasteiger partial charge in [-0.05, 0) is 17.7 Å². The molecule has 25 heavy (non-hydrogen) atoms. The summed E-state index contributed by atoms with van der Waals surface area (Å²) in [6, 6.07) is 15.8. The molecule has 2 aromatic carbocycles. The second kappa shape index (κ2) is 7.92. The Morgan fingerprint density at radius 3 is 2.24 bits per heavy atom. The Morgan fingerprint density at radius 1 is 0.920 bits per heavy atom. The SMILES string of the molecule is COc1ccc(N2CCN(C(=O)Cc3ccccc3)CC2)cc1OC. The Bertz CT molecular complexity index is 710. The summed E-state index contributed by atoms with van der Waals surface area (Å²) in [5.41, 5.74) is 2.16. The molecule has 1 heterocycles. The molecule has 1 saturated heterocycles. The van der Waals surface area contributed by atoms with E-state index in [1.165, 1.54) is 0 Å². The first-order valence-electron chi connectivity index (χ1n) is 8.50. The van der Waals surface area contributed by atoms with Crippen LogP contribution in [0.5, 0.6) is 11.5 Å². The fourth-order valence-electron chi connectivity index (χ4n) is 3.12. The summed E-state index contributed by atoms with van der Waals surface area (Å²) in [4.78, 5) is 16.7. The Balaban J connectivity index is 1.59. The smallest absolute Gasteiger partial charge is 0.227 e. The van der Waals surface area contributed by atoms with Gasteiger partial charge in [-0.15, -0.1) is 0 Å². The van der Waals surface area contributed by atoms with E-state index < -0.39 is 0 Å². The highest BCUT2D eigenvalue weighted by molar-refractivity contribution is 5.79. The van der Waals surface area contributed by atoms with Crippen molar-refractivity contribution in [3.8, 4) is 11.5 Å². The second-order valence-electron chi connectivity index (χ2n) is 6.07. The van der Waals surface area contributed by atoms with Crippen LogP contribution in [0.15, 0.2) is 48.5 Å². The molecule has 0 aliphatic carbocycles.